The molecule has 0 saturated carbocycles. The molecular formula is C9H5F7O. The van der Waals surface area contributed by atoms with E-state index in [0.717, 1.165) is 0 Å². The normalized spacial score (nSPS) is 12.9. The standard InChI is InChI=1S/C9H5F7O/c10-7-2-6(9(14,15)16)5(8(11,12)13)1-4(7)3-17/h1-2,17H,3H2. The lowest BCUT2D eigenvalue weighted by Gasteiger charge is -2.16. The number of halogens is 7. The molecule has 1 aromatic carbocycles. The second-order valence-electron chi connectivity index (χ2n) is 3.14. The molecule has 0 bridgehead atoms. The fraction of sp³-hybridized carbons (Fsp3) is 0.333. The van der Waals surface area contributed by atoms with E-state index in [-0.39, 0.29) is 12.1 Å². The van der Waals surface area contributed by atoms with Crippen molar-refractivity contribution in [1.29, 1.82) is 0 Å². The predicted molar refractivity (Wildman–Crippen MR) is 42.3 cm³/mol. The van der Waals surface area contributed by atoms with E-state index in [9.17, 15) is 30.7 Å². The van der Waals surface area contributed by atoms with Gasteiger partial charge in [0.2, 0.25) is 0 Å². The molecule has 0 radical (unpaired) electrons. The van der Waals surface area contributed by atoms with Gasteiger partial charge in [0.25, 0.3) is 0 Å². The van der Waals surface area contributed by atoms with E-state index in [1.807, 2.05) is 0 Å². The quantitative estimate of drug-likeness (QED) is 0.769. The summed E-state index contributed by atoms with van der Waals surface area (Å²) in [6, 6.07) is -0.313. The number of aliphatic hydroxyl groups excluding tert-OH is 1. The zero-order valence-corrected chi connectivity index (χ0v) is 7.95. The molecule has 0 aromatic heterocycles. The maximum atomic E-state index is 12.9. The molecule has 0 spiro atoms. The van der Waals surface area contributed by atoms with Gasteiger partial charge in [0.15, 0.2) is 0 Å². The third-order valence-corrected chi connectivity index (χ3v) is 1.97. The van der Waals surface area contributed by atoms with Crippen molar-refractivity contribution in [2.75, 3.05) is 0 Å². The van der Waals surface area contributed by atoms with Crippen molar-refractivity contribution in [2.45, 2.75) is 19.0 Å². The van der Waals surface area contributed by atoms with Gasteiger partial charge in [-0.3, -0.25) is 0 Å². The maximum Gasteiger partial charge on any atom is 0.417 e. The molecule has 17 heavy (non-hydrogen) atoms. The predicted octanol–water partition coefficient (Wildman–Crippen LogP) is 3.36. The Morgan fingerprint density at radius 3 is 1.65 bits per heavy atom. The summed E-state index contributed by atoms with van der Waals surface area (Å²) in [5.41, 5.74) is -4.97. The van der Waals surface area contributed by atoms with E-state index >= 15 is 0 Å². The highest BCUT2D eigenvalue weighted by atomic mass is 19.4. The largest absolute Gasteiger partial charge is 0.417 e. The third kappa shape index (κ3) is 2.87. The van der Waals surface area contributed by atoms with Gasteiger partial charge < -0.3 is 5.11 Å². The molecule has 0 amide bonds. The van der Waals surface area contributed by atoms with Crippen LogP contribution in [-0.4, -0.2) is 5.11 Å². The SMILES string of the molecule is OCc1cc(C(F)(F)F)c(C(F)(F)F)cc1F. The molecule has 0 aliphatic heterocycles. The first-order chi connectivity index (χ1) is 7.57. The molecule has 0 atom stereocenters. The molecule has 96 valence electrons. The van der Waals surface area contributed by atoms with Gasteiger partial charge in [-0.05, 0) is 12.1 Å². The summed E-state index contributed by atoms with van der Waals surface area (Å²) in [6.07, 6.45) is -10.6. The summed E-state index contributed by atoms with van der Waals surface area (Å²) < 4.78 is 86.7. The summed E-state index contributed by atoms with van der Waals surface area (Å²) in [5, 5.41) is 8.51. The Hall–Kier alpha value is -1.31. The molecule has 8 heteroatoms. The average molecular weight is 262 g/mol. The minimum atomic E-state index is -5.32. The van der Waals surface area contributed by atoms with Crippen LogP contribution in [0, 0.1) is 5.82 Å². The van der Waals surface area contributed by atoms with Crippen molar-refractivity contribution in [3.63, 3.8) is 0 Å². The van der Waals surface area contributed by atoms with Crippen LogP contribution in [-0.2, 0) is 19.0 Å². The molecule has 0 fully saturated rings. The Labute approximate surface area is 90.5 Å². The highest BCUT2D eigenvalue weighted by Gasteiger charge is 2.43. The molecule has 0 aliphatic carbocycles. The van der Waals surface area contributed by atoms with Gasteiger partial charge in [-0.15, -0.1) is 0 Å². The highest BCUT2D eigenvalue weighted by molar-refractivity contribution is 5.37. The number of aliphatic hydroxyl groups is 1. The van der Waals surface area contributed by atoms with Crippen molar-refractivity contribution in [3.05, 3.63) is 34.6 Å². The van der Waals surface area contributed by atoms with Crippen LogP contribution in [0.15, 0.2) is 12.1 Å². The van der Waals surface area contributed by atoms with E-state index in [2.05, 4.69) is 0 Å². The van der Waals surface area contributed by atoms with Gasteiger partial charge in [0.1, 0.15) is 5.82 Å². The van der Waals surface area contributed by atoms with Crippen molar-refractivity contribution < 1.29 is 35.8 Å². The van der Waals surface area contributed by atoms with E-state index in [0.29, 0.717) is 0 Å². The Morgan fingerprint density at radius 2 is 1.29 bits per heavy atom. The van der Waals surface area contributed by atoms with Crippen LogP contribution in [0.4, 0.5) is 30.7 Å². The van der Waals surface area contributed by atoms with E-state index in [1.54, 1.807) is 0 Å². The number of benzene rings is 1. The Kier molecular flexibility index (Phi) is 3.37. The molecule has 1 nitrogen and oxygen atoms in total. The van der Waals surface area contributed by atoms with Crippen LogP contribution in [0.25, 0.3) is 0 Å². The lowest BCUT2D eigenvalue weighted by molar-refractivity contribution is -0.162. The number of hydrogen-bond acceptors (Lipinski definition) is 1. The molecule has 0 aliphatic rings. The zero-order chi connectivity index (χ0) is 13.4. The molecule has 1 aromatic rings. The lowest BCUT2D eigenvalue weighted by atomic mass is 10.0. The minimum absolute atomic E-state index is 0.0435. The van der Waals surface area contributed by atoms with Crippen molar-refractivity contribution in [3.8, 4) is 0 Å². The van der Waals surface area contributed by atoms with Crippen molar-refractivity contribution in [2.24, 2.45) is 0 Å². The zero-order valence-electron chi connectivity index (χ0n) is 7.95. The fourth-order valence-corrected chi connectivity index (χ4v) is 1.21. The van der Waals surface area contributed by atoms with Crippen LogP contribution in [0.1, 0.15) is 16.7 Å². The second-order valence-corrected chi connectivity index (χ2v) is 3.14. The van der Waals surface area contributed by atoms with Crippen molar-refractivity contribution in [1.82, 2.24) is 0 Å². The summed E-state index contributed by atoms with van der Waals surface area (Å²) in [5.74, 6) is -1.53. The molecule has 0 heterocycles. The van der Waals surface area contributed by atoms with Gasteiger partial charge >= 0.3 is 12.4 Å². The minimum Gasteiger partial charge on any atom is -0.392 e. The molecule has 1 N–H and O–H groups in total. The van der Waals surface area contributed by atoms with E-state index in [1.165, 1.54) is 0 Å². The molecule has 0 unspecified atom stereocenters. The monoisotopic (exact) mass is 262 g/mol. The van der Waals surface area contributed by atoms with Gasteiger partial charge in [-0.25, -0.2) is 4.39 Å². The Morgan fingerprint density at radius 1 is 0.882 bits per heavy atom. The maximum absolute atomic E-state index is 12.9. The highest BCUT2D eigenvalue weighted by Crippen LogP contribution is 2.41. The summed E-state index contributed by atoms with van der Waals surface area (Å²) in [6.45, 7) is -1.12. The number of rotatable bonds is 1. The van der Waals surface area contributed by atoms with E-state index in [4.69, 9.17) is 5.11 Å². The Balaban J connectivity index is 3.54. The van der Waals surface area contributed by atoms with Crippen LogP contribution in [0.3, 0.4) is 0 Å². The van der Waals surface area contributed by atoms with Gasteiger partial charge in [-0.2, -0.15) is 26.3 Å². The van der Waals surface area contributed by atoms with E-state index < -0.39 is 41.5 Å². The van der Waals surface area contributed by atoms with Crippen LogP contribution in [0.5, 0.6) is 0 Å². The van der Waals surface area contributed by atoms with Gasteiger partial charge in [-0.1, -0.05) is 0 Å². The lowest BCUT2D eigenvalue weighted by Crippen LogP contribution is -2.17. The molecule has 0 saturated heterocycles. The summed E-state index contributed by atoms with van der Waals surface area (Å²) in [4.78, 5) is 0. The first-order valence-corrected chi connectivity index (χ1v) is 4.15. The molecule has 1 rings (SSSR count). The number of hydrogen-bond donors (Lipinski definition) is 1. The first-order valence-electron chi connectivity index (χ1n) is 4.15. The van der Waals surface area contributed by atoms with Crippen LogP contribution >= 0.6 is 0 Å². The van der Waals surface area contributed by atoms with Crippen LogP contribution in [0.2, 0.25) is 0 Å². The summed E-state index contributed by atoms with van der Waals surface area (Å²) >= 11 is 0. The topological polar surface area (TPSA) is 20.2 Å². The Bertz CT molecular complexity index is 419. The average Bonchev–Trinajstić information content (AvgIpc) is 2.14. The van der Waals surface area contributed by atoms with Gasteiger partial charge in [0, 0.05) is 5.56 Å². The van der Waals surface area contributed by atoms with Crippen LogP contribution < -0.4 is 0 Å². The fourth-order valence-electron chi connectivity index (χ4n) is 1.21. The number of alkyl halides is 6. The van der Waals surface area contributed by atoms with Gasteiger partial charge in [0.05, 0.1) is 17.7 Å². The third-order valence-electron chi connectivity index (χ3n) is 1.97. The van der Waals surface area contributed by atoms with Crippen molar-refractivity contribution >= 4 is 0 Å². The second kappa shape index (κ2) is 4.17. The molecular weight excluding hydrogens is 257 g/mol. The first kappa shape index (κ1) is 13.8. The smallest absolute Gasteiger partial charge is 0.392 e. The summed E-state index contributed by atoms with van der Waals surface area (Å²) in [7, 11) is 0.